The molecule has 3 aromatic carbocycles. The maximum atomic E-state index is 12.8. The van der Waals surface area contributed by atoms with E-state index in [1.165, 1.54) is 24.3 Å². The molecule has 1 amide bonds. The molecule has 0 radical (unpaired) electrons. The quantitative estimate of drug-likeness (QED) is 0.0814. The monoisotopic (exact) mass is 626 g/mol. The molecule has 0 aromatic heterocycles. The van der Waals surface area contributed by atoms with Gasteiger partial charge in [0.2, 0.25) is 18.2 Å². The number of anilines is 2. The second kappa shape index (κ2) is 17.0. The number of carbonyl (C=O) groups excluding carboxylic acids is 4. The maximum absolute atomic E-state index is 12.8. The number of aryl methyl sites for hydroxylation is 3. The first-order valence-corrected chi connectivity index (χ1v) is 14.2. The first-order valence-electron chi connectivity index (χ1n) is 14.2. The molecule has 0 saturated heterocycles. The van der Waals surface area contributed by atoms with Crippen molar-refractivity contribution < 1.29 is 33.5 Å². The summed E-state index contributed by atoms with van der Waals surface area (Å²) in [6.07, 6.45) is 4.30. The Hall–Kier alpha value is -5.70. The van der Waals surface area contributed by atoms with E-state index in [0.717, 1.165) is 16.7 Å². The van der Waals surface area contributed by atoms with Crippen LogP contribution in [0.4, 0.5) is 38.9 Å². The maximum Gasteiger partial charge on any atom is 0.411 e. The van der Waals surface area contributed by atoms with E-state index in [-0.39, 0.29) is 19.8 Å². The van der Waals surface area contributed by atoms with E-state index in [2.05, 4.69) is 30.8 Å². The van der Waals surface area contributed by atoms with Crippen LogP contribution in [0.3, 0.4) is 0 Å². The lowest BCUT2D eigenvalue weighted by Gasteiger charge is -2.31. The molecule has 0 aliphatic heterocycles. The number of benzene rings is 3. The predicted octanol–water partition coefficient (Wildman–Crippen LogP) is 7.27. The first-order chi connectivity index (χ1) is 22.1. The smallest absolute Gasteiger partial charge is 0.411 e. The highest BCUT2D eigenvalue weighted by molar-refractivity contribution is 5.85. The number of carbonyl (C=O) groups is 1. The Morgan fingerprint density at radius 2 is 1.26 bits per heavy atom. The number of hydrogen-bond acceptors (Lipinski definition) is 12. The fourth-order valence-corrected chi connectivity index (χ4v) is 4.08. The van der Waals surface area contributed by atoms with E-state index in [9.17, 15) is 19.2 Å². The van der Waals surface area contributed by atoms with Crippen LogP contribution in [0.2, 0.25) is 0 Å². The van der Waals surface area contributed by atoms with E-state index < -0.39 is 11.5 Å². The Morgan fingerprint density at radius 3 is 1.85 bits per heavy atom. The van der Waals surface area contributed by atoms with Crippen LogP contribution in [0.5, 0.6) is 0 Å². The molecule has 0 spiro atoms. The van der Waals surface area contributed by atoms with Crippen LogP contribution < -0.4 is 10.8 Å². The molecule has 0 heterocycles. The summed E-state index contributed by atoms with van der Waals surface area (Å²) in [6, 6.07) is 15.3. The third-order valence-electron chi connectivity index (χ3n) is 7.06. The number of nitrogens with one attached hydrogen (secondary N) is 2. The summed E-state index contributed by atoms with van der Waals surface area (Å²) < 4.78 is 11.6. The molecule has 13 heteroatoms. The van der Waals surface area contributed by atoms with Crippen LogP contribution in [0.15, 0.2) is 74.6 Å². The molecule has 1 unspecified atom stereocenters. The van der Waals surface area contributed by atoms with Gasteiger partial charge in [0.05, 0.1) is 40.5 Å². The zero-order chi connectivity index (χ0) is 33.5. The van der Waals surface area contributed by atoms with Gasteiger partial charge in [-0.25, -0.2) is 24.2 Å². The van der Waals surface area contributed by atoms with Crippen molar-refractivity contribution >= 4 is 64.4 Å². The van der Waals surface area contributed by atoms with Gasteiger partial charge in [-0.1, -0.05) is 25.1 Å². The molecule has 2 N–H and O–H groups in total. The summed E-state index contributed by atoms with van der Waals surface area (Å²) in [7, 11) is 0. The largest absolute Gasteiger partial charge is 0.480 e. The van der Waals surface area contributed by atoms with Crippen LogP contribution in [0.25, 0.3) is 0 Å². The summed E-state index contributed by atoms with van der Waals surface area (Å²) in [5, 5.41) is 2.64. The van der Waals surface area contributed by atoms with Gasteiger partial charge in [-0.15, -0.1) is 0 Å². The summed E-state index contributed by atoms with van der Waals surface area (Å²) in [6.45, 7) is 8.96. The zero-order valence-corrected chi connectivity index (χ0v) is 26.2. The van der Waals surface area contributed by atoms with Crippen molar-refractivity contribution in [2.24, 2.45) is 25.4 Å². The Morgan fingerprint density at radius 1 is 0.739 bits per heavy atom. The Bertz CT molecular complexity index is 1740. The van der Waals surface area contributed by atoms with Crippen molar-refractivity contribution in [2.45, 2.75) is 41.0 Å². The fraction of sp³-hybridized carbons (Fsp3) is 0.303. The van der Waals surface area contributed by atoms with E-state index in [4.69, 9.17) is 14.3 Å². The van der Waals surface area contributed by atoms with Gasteiger partial charge in [0.1, 0.15) is 13.2 Å². The van der Waals surface area contributed by atoms with Crippen molar-refractivity contribution in [3.8, 4) is 0 Å². The number of nitrogens with zero attached hydrogens (tertiary/aromatic N) is 4. The lowest BCUT2D eigenvalue weighted by Crippen LogP contribution is -2.39. The third-order valence-corrected chi connectivity index (χ3v) is 7.06. The van der Waals surface area contributed by atoms with Gasteiger partial charge in [-0.3, -0.25) is 15.6 Å². The minimum absolute atomic E-state index is 0.0374. The lowest BCUT2D eigenvalue weighted by molar-refractivity contribution is -0.0146. The molecule has 0 aliphatic carbocycles. The minimum Gasteiger partial charge on any atom is -0.480 e. The van der Waals surface area contributed by atoms with Gasteiger partial charge in [-0.2, -0.15) is 15.0 Å². The standard InChI is InChI=1S/C33H34N6O7/c1-6-33(18-46-39-28-12-9-24(4)31(15-28)36-21-42,16-44-25(5)37-26-10-7-22(2)29(13-26)34-19-40)17-45-32(43)38-27-11-8-23(3)30(14-27)35-20-41/h7-15,39H,6,16-18H2,1-5H3,(H,38,43). The summed E-state index contributed by atoms with van der Waals surface area (Å²) >= 11 is 0. The van der Waals surface area contributed by atoms with Crippen molar-refractivity contribution in [1.82, 2.24) is 0 Å². The molecule has 3 rings (SSSR count). The van der Waals surface area contributed by atoms with Gasteiger partial charge >= 0.3 is 6.09 Å². The zero-order valence-electron chi connectivity index (χ0n) is 26.2. The van der Waals surface area contributed by atoms with Crippen LogP contribution in [-0.4, -0.2) is 50.1 Å². The highest BCUT2D eigenvalue weighted by atomic mass is 16.6. The predicted molar refractivity (Wildman–Crippen MR) is 173 cm³/mol. The Balaban J connectivity index is 1.77. The first kappa shape index (κ1) is 34.8. The summed E-state index contributed by atoms with van der Waals surface area (Å²) in [5.41, 5.74) is 7.03. The SMILES string of the molecule is CCC(CONc1ccc(C)c(N=C=O)c1)(COC(=O)Nc1ccc(C)c(N=C=O)c1)COC(C)=Nc1ccc(C)c(N=C=O)c1. The number of ether oxygens (including phenoxy) is 2. The number of isocyanates is 3. The molecule has 3 aromatic rings. The van der Waals surface area contributed by atoms with E-state index in [0.29, 0.717) is 46.4 Å². The lowest BCUT2D eigenvalue weighted by atomic mass is 9.88. The average molecular weight is 627 g/mol. The topological polar surface area (TPSA) is 169 Å². The van der Waals surface area contributed by atoms with Gasteiger partial charge in [0.15, 0.2) is 5.90 Å². The molecule has 0 fully saturated rings. The Kier molecular flexibility index (Phi) is 12.8. The molecule has 238 valence electrons. The molecular formula is C33H34N6O7. The van der Waals surface area contributed by atoms with Crippen molar-refractivity contribution in [3.05, 3.63) is 71.3 Å². The number of amides is 1. The van der Waals surface area contributed by atoms with Crippen molar-refractivity contribution in [1.29, 1.82) is 0 Å². The van der Waals surface area contributed by atoms with Gasteiger partial charge < -0.3 is 9.47 Å². The average Bonchev–Trinajstić information content (AvgIpc) is 3.03. The van der Waals surface area contributed by atoms with Crippen LogP contribution in [-0.2, 0) is 28.7 Å². The highest BCUT2D eigenvalue weighted by Gasteiger charge is 2.33. The molecule has 1 atom stereocenters. The highest BCUT2D eigenvalue weighted by Crippen LogP contribution is 2.29. The van der Waals surface area contributed by atoms with Gasteiger partial charge in [-0.05, 0) is 80.3 Å². The third kappa shape index (κ3) is 10.2. The van der Waals surface area contributed by atoms with E-state index >= 15 is 0 Å². The molecular weight excluding hydrogens is 592 g/mol. The molecule has 0 aliphatic rings. The van der Waals surface area contributed by atoms with Crippen molar-refractivity contribution in [2.75, 3.05) is 30.6 Å². The van der Waals surface area contributed by atoms with Gasteiger partial charge in [0, 0.05) is 12.6 Å². The van der Waals surface area contributed by atoms with Crippen LogP contribution in [0.1, 0.15) is 37.0 Å². The van der Waals surface area contributed by atoms with Crippen molar-refractivity contribution in [3.63, 3.8) is 0 Å². The van der Waals surface area contributed by atoms with Gasteiger partial charge in [0.25, 0.3) is 0 Å². The van der Waals surface area contributed by atoms with Crippen LogP contribution >= 0.6 is 0 Å². The number of hydrogen-bond donors (Lipinski definition) is 2. The molecule has 13 nitrogen and oxygen atoms in total. The molecule has 46 heavy (non-hydrogen) atoms. The summed E-state index contributed by atoms with van der Waals surface area (Å²) in [4.78, 5) is 66.4. The Labute approximate surface area is 266 Å². The molecule has 0 bridgehead atoms. The minimum atomic E-state index is -0.851. The fourth-order valence-electron chi connectivity index (χ4n) is 4.08. The van der Waals surface area contributed by atoms with Crippen LogP contribution in [0, 0.1) is 26.2 Å². The second-order valence-electron chi connectivity index (χ2n) is 10.4. The number of rotatable bonds is 14. The second-order valence-corrected chi connectivity index (χ2v) is 10.4. The number of aliphatic imine (C=N–C) groups is 4. The van der Waals surface area contributed by atoms with E-state index in [1.807, 2.05) is 20.8 Å². The van der Waals surface area contributed by atoms with E-state index in [1.54, 1.807) is 62.4 Å². The molecule has 0 saturated carbocycles. The normalized spacial score (nSPS) is 12.0. The summed E-state index contributed by atoms with van der Waals surface area (Å²) in [5.74, 6) is 0.318.